The van der Waals surface area contributed by atoms with Gasteiger partial charge in [-0.05, 0) is 30.2 Å². The molecule has 6 nitrogen and oxygen atoms in total. The first kappa shape index (κ1) is 17.6. The van der Waals surface area contributed by atoms with Gasteiger partial charge in [-0.2, -0.15) is 0 Å². The second kappa shape index (κ2) is 6.79. The fraction of sp³-hybridized carbons (Fsp3) is 0.200. The third kappa shape index (κ3) is 5.14. The number of sulfonamides is 2. The Kier molecular flexibility index (Phi) is 5.20. The van der Waals surface area contributed by atoms with Crippen LogP contribution < -0.4 is 9.86 Å². The number of nitrogens with one attached hydrogen (secondary N) is 1. The molecule has 0 heterocycles. The highest BCUT2D eigenvalue weighted by atomic mass is 32.2. The highest BCUT2D eigenvalue weighted by Crippen LogP contribution is 2.18. The Balaban J connectivity index is 2.17. The van der Waals surface area contributed by atoms with Gasteiger partial charge in [0.25, 0.3) is 0 Å². The lowest BCUT2D eigenvalue weighted by molar-refractivity contribution is 0.566. The summed E-state index contributed by atoms with van der Waals surface area (Å²) in [6.07, 6.45) is 0. The number of primary sulfonamides is 1. The highest BCUT2D eigenvalue weighted by Gasteiger charge is 2.18. The Bertz CT molecular complexity index is 879. The molecule has 0 bridgehead atoms. The van der Waals surface area contributed by atoms with Crippen LogP contribution in [0.15, 0.2) is 59.5 Å². The SMILES string of the molecule is CC(NS(=O)(=O)Cc1ccccc1)c1cccc(S(N)(=O)=O)c1. The normalized spacial score (nSPS) is 13.7. The Morgan fingerprint density at radius 2 is 1.65 bits per heavy atom. The molecule has 0 amide bonds. The molecule has 0 aliphatic heterocycles. The number of hydrogen-bond acceptors (Lipinski definition) is 4. The molecule has 0 fully saturated rings. The van der Waals surface area contributed by atoms with E-state index < -0.39 is 26.1 Å². The van der Waals surface area contributed by atoms with Crippen molar-refractivity contribution in [2.45, 2.75) is 23.6 Å². The Morgan fingerprint density at radius 3 is 2.26 bits per heavy atom. The first-order chi connectivity index (χ1) is 10.7. The number of rotatable bonds is 6. The van der Waals surface area contributed by atoms with Crippen molar-refractivity contribution in [3.8, 4) is 0 Å². The van der Waals surface area contributed by atoms with Crippen LogP contribution in [0.5, 0.6) is 0 Å². The lowest BCUT2D eigenvalue weighted by Gasteiger charge is -2.15. The van der Waals surface area contributed by atoms with E-state index in [0.29, 0.717) is 11.1 Å². The van der Waals surface area contributed by atoms with E-state index in [4.69, 9.17) is 5.14 Å². The summed E-state index contributed by atoms with van der Waals surface area (Å²) in [7, 11) is -7.39. The highest BCUT2D eigenvalue weighted by molar-refractivity contribution is 7.89. The maximum Gasteiger partial charge on any atom is 0.238 e. The zero-order valence-electron chi connectivity index (χ0n) is 12.5. The van der Waals surface area contributed by atoms with Gasteiger partial charge in [-0.15, -0.1) is 0 Å². The van der Waals surface area contributed by atoms with E-state index in [-0.39, 0.29) is 10.6 Å². The van der Waals surface area contributed by atoms with Gasteiger partial charge in [0, 0.05) is 6.04 Å². The van der Waals surface area contributed by atoms with Crippen LogP contribution in [0.3, 0.4) is 0 Å². The molecule has 1 unspecified atom stereocenters. The molecule has 0 saturated carbocycles. The molecule has 1 atom stereocenters. The quantitative estimate of drug-likeness (QED) is 0.820. The summed E-state index contributed by atoms with van der Waals surface area (Å²) in [5.74, 6) is -0.146. The van der Waals surface area contributed by atoms with E-state index in [0.717, 1.165) is 0 Å². The van der Waals surface area contributed by atoms with Gasteiger partial charge in [0.15, 0.2) is 0 Å². The molecule has 0 radical (unpaired) electrons. The van der Waals surface area contributed by atoms with Crippen LogP contribution in [-0.4, -0.2) is 16.8 Å². The van der Waals surface area contributed by atoms with Crippen molar-refractivity contribution < 1.29 is 16.8 Å². The van der Waals surface area contributed by atoms with Crippen molar-refractivity contribution in [2.75, 3.05) is 0 Å². The third-order valence-electron chi connectivity index (χ3n) is 3.24. The van der Waals surface area contributed by atoms with Crippen LogP contribution in [0.2, 0.25) is 0 Å². The monoisotopic (exact) mass is 354 g/mol. The molecule has 0 aromatic heterocycles. The average molecular weight is 354 g/mol. The summed E-state index contributed by atoms with van der Waals surface area (Å²) in [4.78, 5) is -0.0518. The molecule has 2 rings (SSSR count). The van der Waals surface area contributed by atoms with Crippen molar-refractivity contribution in [2.24, 2.45) is 5.14 Å². The Labute approximate surface area is 136 Å². The van der Waals surface area contributed by atoms with E-state index in [2.05, 4.69) is 4.72 Å². The van der Waals surface area contributed by atoms with E-state index in [1.165, 1.54) is 18.2 Å². The number of hydrogen-bond donors (Lipinski definition) is 2. The van der Waals surface area contributed by atoms with Crippen LogP contribution >= 0.6 is 0 Å². The molecule has 2 aromatic rings. The van der Waals surface area contributed by atoms with Crippen molar-refractivity contribution in [1.82, 2.24) is 4.72 Å². The van der Waals surface area contributed by atoms with Gasteiger partial charge in [0.05, 0.1) is 10.6 Å². The lowest BCUT2D eigenvalue weighted by atomic mass is 10.1. The minimum Gasteiger partial charge on any atom is -0.225 e. The zero-order valence-corrected chi connectivity index (χ0v) is 14.1. The number of benzene rings is 2. The second-order valence-electron chi connectivity index (χ2n) is 5.20. The van der Waals surface area contributed by atoms with Gasteiger partial charge in [-0.3, -0.25) is 0 Å². The molecule has 2 aromatic carbocycles. The molecule has 23 heavy (non-hydrogen) atoms. The summed E-state index contributed by atoms with van der Waals surface area (Å²) < 4.78 is 49.7. The molecule has 3 N–H and O–H groups in total. The maximum absolute atomic E-state index is 12.2. The van der Waals surface area contributed by atoms with Crippen LogP contribution in [0.25, 0.3) is 0 Å². The summed E-state index contributed by atoms with van der Waals surface area (Å²) in [6, 6.07) is 14.1. The van der Waals surface area contributed by atoms with Crippen molar-refractivity contribution in [1.29, 1.82) is 0 Å². The predicted molar refractivity (Wildman–Crippen MR) is 88.4 cm³/mol. The van der Waals surface area contributed by atoms with E-state index >= 15 is 0 Å². The Hall–Kier alpha value is -1.74. The van der Waals surface area contributed by atoms with Crippen molar-refractivity contribution in [3.63, 3.8) is 0 Å². The minimum absolute atomic E-state index is 0.0518. The van der Waals surface area contributed by atoms with E-state index in [1.807, 2.05) is 6.07 Å². The van der Waals surface area contributed by atoms with Gasteiger partial charge < -0.3 is 0 Å². The van der Waals surface area contributed by atoms with Crippen molar-refractivity contribution >= 4 is 20.0 Å². The molecule has 124 valence electrons. The lowest BCUT2D eigenvalue weighted by Crippen LogP contribution is -2.28. The summed E-state index contributed by atoms with van der Waals surface area (Å²) >= 11 is 0. The van der Waals surface area contributed by atoms with Crippen LogP contribution in [-0.2, 0) is 25.8 Å². The molecular weight excluding hydrogens is 336 g/mol. The Morgan fingerprint density at radius 1 is 1.00 bits per heavy atom. The standard InChI is InChI=1S/C15H18N2O4S2/c1-12(14-8-5-9-15(10-14)23(16,20)21)17-22(18,19)11-13-6-3-2-4-7-13/h2-10,12,17H,11H2,1H3,(H2,16,20,21). The second-order valence-corrected chi connectivity index (χ2v) is 8.52. The molecule has 8 heteroatoms. The van der Waals surface area contributed by atoms with Crippen LogP contribution in [0.1, 0.15) is 24.1 Å². The summed E-state index contributed by atoms with van der Waals surface area (Å²) in [5, 5.41) is 5.09. The molecule has 0 aliphatic rings. The molecule has 0 aliphatic carbocycles. The average Bonchev–Trinajstić information content (AvgIpc) is 2.46. The molecular formula is C15H18N2O4S2. The summed E-state index contributed by atoms with van der Waals surface area (Å²) in [6.45, 7) is 1.64. The third-order valence-corrected chi connectivity index (χ3v) is 5.58. The van der Waals surface area contributed by atoms with Gasteiger partial charge in [-0.25, -0.2) is 26.7 Å². The first-order valence-corrected chi connectivity index (χ1v) is 10.0. The smallest absolute Gasteiger partial charge is 0.225 e. The zero-order chi connectivity index (χ0) is 17.1. The minimum atomic E-state index is -3.83. The van der Waals surface area contributed by atoms with E-state index in [9.17, 15) is 16.8 Å². The van der Waals surface area contributed by atoms with Gasteiger partial charge >= 0.3 is 0 Å². The van der Waals surface area contributed by atoms with Crippen molar-refractivity contribution in [3.05, 3.63) is 65.7 Å². The van der Waals surface area contributed by atoms with Gasteiger partial charge in [-0.1, -0.05) is 42.5 Å². The summed E-state index contributed by atoms with van der Waals surface area (Å²) in [5.41, 5.74) is 1.19. The van der Waals surface area contributed by atoms with Crippen LogP contribution in [0, 0.1) is 0 Å². The first-order valence-electron chi connectivity index (χ1n) is 6.84. The number of nitrogens with two attached hydrogens (primary N) is 1. The van der Waals surface area contributed by atoms with Gasteiger partial charge in [0.2, 0.25) is 20.0 Å². The topological polar surface area (TPSA) is 106 Å². The fourth-order valence-electron chi connectivity index (χ4n) is 2.13. The van der Waals surface area contributed by atoms with Crippen LogP contribution in [0.4, 0.5) is 0 Å². The largest absolute Gasteiger partial charge is 0.238 e. The predicted octanol–water partition coefficient (Wildman–Crippen LogP) is 1.51. The molecule has 0 saturated heterocycles. The molecule has 0 spiro atoms. The van der Waals surface area contributed by atoms with Gasteiger partial charge in [0.1, 0.15) is 0 Å². The fourth-order valence-corrected chi connectivity index (χ4v) is 4.09. The maximum atomic E-state index is 12.2. The van der Waals surface area contributed by atoms with E-state index in [1.54, 1.807) is 37.3 Å².